The summed E-state index contributed by atoms with van der Waals surface area (Å²) in [5, 5.41) is 1.45. The number of aromatic amines is 2. The minimum atomic E-state index is -2.02. The molecule has 3 aliphatic rings. The zero-order chi connectivity index (χ0) is 54.8. The van der Waals surface area contributed by atoms with Crippen molar-refractivity contribution in [2.75, 3.05) is 52.4 Å². The maximum absolute atomic E-state index is 13.0. The molecule has 0 unspecified atom stereocenters. The molecule has 0 radical (unpaired) electrons. The number of H-pyrrole nitrogens is 2. The molecule has 4 amide bonds. The number of hydrogen-bond donors (Lipinski definition) is 2. The fourth-order valence-electron chi connectivity index (χ4n) is 9.35. The van der Waals surface area contributed by atoms with Crippen molar-refractivity contribution in [1.29, 1.82) is 0 Å². The molecule has 8 rings (SSSR count). The van der Waals surface area contributed by atoms with Crippen LogP contribution in [0.1, 0.15) is 110 Å². The maximum Gasteiger partial charge on any atom is 0.295 e. The molecule has 5 aromatic rings. The molecule has 0 saturated carbocycles. The molecule has 0 spiro atoms. The summed E-state index contributed by atoms with van der Waals surface area (Å²) in [4.78, 5) is 97.0. The van der Waals surface area contributed by atoms with Gasteiger partial charge in [-0.3, -0.25) is 28.8 Å². The smallest absolute Gasteiger partial charge is 0.295 e. The molecule has 1 aromatic carbocycles. The summed E-state index contributed by atoms with van der Waals surface area (Å²) in [5.41, 5.74) is 3.12. The van der Waals surface area contributed by atoms with Gasteiger partial charge in [-0.05, 0) is 40.9 Å². The van der Waals surface area contributed by atoms with Crippen LogP contribution in [0.2, 0.25) is 23.4 Å². The van der Waals surface area contributed by atoms with Crippen molar-refractivity contribution in [3.05, 3.63) is 128 Å². The van der Waals surface area contributed by atoms with Crippen molar-refractivity contribution in [1.82, 2.24) is 39.5 Å². The zero-order valence-electron chi connectivity index (χ0n) is 43.8. The van der Waals surface area contributed by atoms with E-state index in [2.05, 4.69) is 91.3 Å². The average molecular weight is 1240 g/mol. The Hall–Kier alpha value is -6.07. The Morgan fingerprint density at radius 3 is 1.64 bits per heavy atom. The summed E-state index contributed by atoms with van der Waals surface area (Å²) < 4.78 is 8.83. The molecular weight excluding hydrogens is 1170 g/mol. The molecule has 2 N–H and O–H groups in total. The third-order valence-corrected chi connectivity index (χ3v) is 28.1. The minimum absolute atomic E-state index is 0.0838. The second-order valence-electron chi connectivity index (χ2n) is 18.6. The Balaban J connectivity index is 0.000000195. The fourth-order valence-corrected chi connectivity index (χ4v) is 23.8. The van der Waals surface area contributed by atoms with E-state index in [1.54, 1.807) is 53.2 Å². The van der Waals surface area contributed by atoms with Crippen LogP contribution in [0, 0.1) is 27.8 Å². The third kappa shape index (κ3) is 14.7. The molecule has 4 aromatic heterocycles. The molecule has 76 heavy (non-hydrogen) atoms. The average Bonchev–Trinajstić information content (AvgIpc) is 4.14. The molecule has 396 valence electrons. The van der Waals surface area contributed by atoms with Crippen LogP contribution in [0.3, 0.4) is 0 Å². The second-order valence-corrected chi connectivity index (χ2v) is 32.4. The number of rotatable bonds is 15. The number of piperazine rings is 2. The van der Waals surface area contributed by atoms with Gasteiger partial charge in [0.1, 0.15) is 28.0 Å². The van der Waals surface area contributed by atoms with Gasteiger partial charge in [0.05, 0.1) is 44.4 Å². The summed E-state index contributed by atoms with van der Waals surface area (Å²) >= 11 is 13.7. The quantitative estimate of drug-likeness (QED) is 0.0260. The van der Waals surface area contributed by atoms with E-state index in [-0.39, 0.29) is 59.2 Å². The summed E-state index contributed by atoms with van der Waals surface area (Å²) in [7, 11) is 0. The van der Waals surface area contributed by atoms with E-state index in [1.165, 1.54) is 86.4 Å². The van der Waals surface area contributed by atoms with E-state index >= 15 is 0 Å². The van der Waals surface area contributed by atoms with Crippen LogP contribution < -0.4 is 0 Å². The molecule has 0 bridgehead atoms. The minimum Gasteiger partial charge on any atom is -0.358 e. The second kappa shape index (κ2) is 28.9. The van der Waals surface area contributed by atoms with Gasteiger partial charge in [0.15, 0.2) is 0 Å². The summed E-state index contributed by atoms with van der Waals surface area (Å²) in [6, 6.07) is 8.99. The van der Waals surface area contributed by atoms with Crippen molar-refractivity contribution >= 4 is 115 Å². The SMILES string of the molecule is CC#Cc1ncc(Cl)c2c(C(=O)C(=O)N3CCN(C(=O)c4ccccc4)CC3)c[nH]c12.CC#[C][Sn]([CH2]CCC)([CH2]CCC)[CH2]CCC.O=C(C(=O)N1CCN(C(=O)C2=CC=[C+]C=C2)CC1)c1c[nH]c2c(Br)ncc(Cl)c12. The normalized spacial score (nSPS) is 14.0. The Bertz CT molecular complexity index is 3130. The van der Waals surface area contributed by atoms with Gasteiger partial charge in [0.25, 0.3) is 35.2 Å². The number of benzene rings is 1. The van der Waals surface area contributed by atoms with E-state index in [0.29, 0.717) is 69.4 Å². The first kappa shape index (κ1) is 59.2. The zero-order valence-corrected chi connectivity index (χ0v) is 49.7. The van der Waals surface area contributed by atoms with E-state index < -0.39 is 41.8 Å². The monoisotopic (exact) mass is 1240 g/mol. The van der Waals surface area contributed by atoms with Crippen molar-refractivity contribution in [3.8, 4) is 21.7 Å². The third-order valence-electron chi connectivity index (χ3n) is 13.5. The molecule has 2 saturated heterocycles. The Morgan fingerprint density at radius 1 is 0.671 bits per heavy atom. The van der Waals surface area contributed by atoms with Crippen molar-refractivity contribution < 1.29 is 28.8 Å². The fraction of sp³-hybridized carbons (Fsp3) is 0.379. The molecular formula is C58H64BrCl2N8O6Sn+. The van der Waals surface area contributed by atoms with Crippen LogP contribution in [0.4, 0.5) is 0 Å². The van der Waals surface area contributed by atoms with Gasteiger partial charge in [0.2, 0.25) is 0 Å². The number of fused-ring (bicyclic) bond motifs is 2. The van der Waals surface area contributed by atoms with Crippen LogP contribution in [0.5, 0.6) is 0 Å². The Labute approximate surface area is 468 Å². The number of nitrogens with one attached hydrogen (secondary N) is 2. The number of carbonyl (C=O) groups excluding carboxylic acids is 6. The predicted octanol–water partition coefficient (Wildman–Crippen LogP) is 10.8. The first-order chi connectivity index (χ1) is 36.7. The number of amides is 4. The van der Waals surface area contributed by atoms with Gasteiger partial charge in [-0.15, -0.1) is 0 Å². The predicted molar refractivity (Wildman–Crippen MR) is 307 cm³/mol. The van der Waals surface area contributed by atoms with Crippen LogP contribution in [-0.2, 0) is 14.4 Å². The van der Waals surface area contributed by atoms with E-state index in [1.807, 2.05) is 18.2 Å². The first-order valence-electron chi connectivity index (χ1n) is 25.8. The number of halogens is 3. The number of ketones is 2. The van der Waals surface area contributed by atoms with Gasteiger partial charge in [0, 0.05) is 99.6 Å². The molecule has 14 nitrogen and oxygen atoms in total. The van der Waals surface area contributed by atoms with E-state index in [0.717, 1.165) is 0 Å². The van der Waals surface area contributed by atoms with Crippen LogP contribution >= 0.6 is 39.1 Å². The van der Waals surface area contributed by atoms with Gasteiger partial charge in [-0.1, -0.05) is 47.3 Å². The number of Topliss-reactive ketones (excluding diaryl/α,β-unsaturated/α-hetero) is 2. The number of pyridine rings is 2. The Morgan fingerprint density at radius 2 is 1.16 bits per heavy atom. The number of allylic oxidation sites excluding steroid dienone is 4. The number of nitrogens with zero attached hydrogens (tertiary/aromatic N) is 6. The number of carbonyl (C=O) groups is 6. The van der Waals surface area contributed by atoms with Gasteiger partial charge in [-0.2, -0.15) is 0 Å². The molecule has 18 heteroatoms. The van der Waals surface area contributed by atoms with Gasteiger partial charge < -0.3 is 29.6 Å². The molecule has 1 aliphatic carbocycles. The number of unbranched alkanes of at least 4 members (excludes halogenated alkanes) is 3. The van der Waals surface area contributed by atoms with E-state index in [9.17, 15) is 28.8 Å². The van der Waals surface area contributed by atoms with Crippen molar-refractivity contribution in [2.45, 2.75) is 86.5 Å². The largest absolute Gasteiger partial charge is 0.358 e. The number of hydrogen-bond acceptors (Lipinski definition) is 8. The van der Waals surface area contributed by atoms with Gasteiger partial charge >= 0.3 is 108 Å². The molecule has 2 fully saturated rings. The summed E-state index contributed by atoms with van der Waals surface area (Å²) in [6.45, 7) is 13.3. The molecule has 2 aliphatic heterocycles. The van der Waals surface area contributed by atoms with Gasteiger partial charge in [-0.25, -0.2) is 9.97 Å². The molecule has 6 heterocycles. The molecule has 0 atom stereocenters. The standard InChI is InChI=1S/C23H19ClN4O3.C20H14BrClN4O3.3C4H9.C3H3.Sn/c1-2-6-18-20-19(17(24)14-25-18)16(13-26-20)21(29)23(31)28-11-9-27(10-12-28)22(30)15-7-4-3-5-8-15;21-18-16-15(14(22)11-24-18)13(10-23-16)17(27)20(29)26-8-6-25(7-9-26)19(28)12-4-2-1-3-5-12;3*1-3-4-2;1-3-2;/h3-5,7-8,13-14,26H,9-12H2,1H3;2-5,10-11H,6-9H2;3*1,3-4H2,2H3;1H3;/p+1. The summed E-state index contributed by atoms with van der Waals surface area (Å²) in [6.07, 6.45) is 23.8. The topological polar surface area (TPSA) is 173 Å². The van der Waals surface area contributed by atoms with E-state index in [4.69, 9.17) is 23.2 Å². The number of aromatic nitrogens is 4. The maximum atomic E-state index is 13.0. The first-order valence-corrected chi connectivity index (χ1v) is 34.9. The van der Waals surface area contributed by atoms with Crippen LogP contribution in [0.15, 0.2) is 89.6 Å². The summed E-state index contributed by atoms with van der Waals surface area (Å²) in [5.74, 6) is 6.18. The van der Waals surface area contributed by atoms with Crippen molar-refractivity contribution in [3.63, 3.8) is 0 Å². The Kier molecular flexibility index (Phi) is 22.5. The van der Waals surface area contributed by atoms with Crippen LogP contribution in [0.25, 0.3) is 21.8 Å². The van der Waals surface area contributed by atoms with Crippen molar-refractivity contribution in [2.24, 2.45) is 0 Å². The van der Waals surface area contributed by atoms with Crippen LogP contribution in [-0.4, -0.2) is 145 Å².